The Hall–Kier alpha value is -2.74. The number of aromatic nitrogens is 1. The molecule has 2 N–H and O–H groups in total. The van der Waals surface area contributed by atoms with Crippen LogP contribution in [-0.2, 0) is 4.79 Å². The molecule has 7 nitrogen and oxygen atoms in total. The van der Waals surface area contributed by atoms with Crippen molar-refractivity contribution in [2.45, 2.75) is 6.92 Å². The summed E-state index contributed by atoms with van der Waals surface area (Å²) in [5.41, 5.74) is 1.72. The molecule has 0 aliphatic rings. The van der Waals surface area contributed by atoms with E-state index in [0.717, 1.165) is 4.31 Å². The van der Waals surface area contributed by atoms with E-state index in [9.17, 15) is 9.59 Å². The first kappa shape index (κ1) is 16.6. The largest absolute Gasteiger partial charge is 0.481 e. The molecule has 23 heavy (non-hydrogen) atoms. The van der Waals surface area contributed by atoms with Crippen LogP contribution in [0, 0.1) is 0 Å². The van der Waals surface area contributed by atoms with Crippen molar-refractivity contribution < 1.29 is 14.3 Å². The molecule has 1 heterocycles. The van der Waals surface area contributed by atoms with Gasteiger partial charge in [0, 0.05) is 18.7 Å². The zero-order chi connectivity index (χ0) is 16.8. The van der Waals surface area contributed by atoms with Crippen LogP contribution in [0.25, 0.3) is 0 Å². The summed E-state index contributed by atoms with van der Waals surface area (Å²) in [5.74, 6) is 0.296. The van der Waals surface area contributed by atoms with Gasteiger partial charge in [-0.15, -0.1) is 0 Å². The topological polar surface area (TPSA) is 83.6 Å². The molecule has 120 valence electrons. The quantitative estimate of drug-likeness (QED) is 0.752. The molecule has 8 heteroatoms. The number of hydrogen-bond acceptors (Lipinski definition) is 5. The summed E-state index contributed by atoms with van der Waals surface area (Å²) in [7, 11) is 1.51. The van der Waals surface area contributed by atoms with E-state index >= 15 is 0 Å². The number of carbonyl (C=O) groups is 2. The minimum absolute atomic E-state index is 0.162. The van der Waals surface area contributed by atoms with Gasteiger partial charge in [-0.1, -0.05) is 12.8 Å². The highest BCUT2D eigenvalue weighted by Gasteiger charge is 2.12. The van der Waals surface area contributed by atoms with Crippen LogP contribution in [0.4, 0.5) is 21.9 Å². The van der Waals surface area contributed by atoms with Crippen molar-refractivity contribution in [3.63, 3.8) is 0 Å². The van der Waals surface area contributed by atoms with Crippen LogP contribution in [0.3, 0.4) is 0 Å². The highest BCUT2D eigenvalue weighted by molar-refractivity contribution is 7.82. The lowest BCUT2D eigenvalue weighted by molar-refractivity contribution is -0.114. The van der Waals surface area contributed by atoms with Crippen LogP contribution >= 0.6 is 12.8 Å². The Bertz CT molecular complexity index is 689. The molecule has 2 aromatic rings. The van der Waals surface area contributed by atoms with Gasteiger partial charge < -0.3 is 15.4 Å². The van der Waals surface area contributed by atoms with Gasteiger partial charge in [0.25, 0.3) is 0 Å². The molecule has 1 aromatic carbocycles. The number of ether oxygens (including phenoxy) is 1. The Morgan fingerprint density at radius 2 is 1.74 bits per heavy atom. The normalized spacial score (nSPS) is 9.87. The van der Waals surface area contributed by atoms with Crippen LogP contribution in [-0.4, -0.2) is 24.0 Å². The van der Waals surface area contributed by atoms with E-state index in [-0.39, 0.29) is 5.91 Å². The third-order valence-corrected chi connectivity index (χ3v) is 3.23. The summed E-state index contributed by atoms with van der Waals surface area (Å²) in [6.45, 7) is 1.43. The first-order chi connectivity index (χ1) is 11.0. The minimum Gasteiger partial charge on any atom is -0.481 e. The second kappa shape index (κ2) is 7.50. The van der Waals surface area contributed by atoms with E-state index in [0.29, 0.717) is 22.9 Å². The summed E-state index contributed by atoms with van der Waals surface area (Å²) in [6, 6.07) is 9.58. The van der Waals surface area contributed by atoms with E-state index in [1.165, 1.54) is 20.2 Å². The number of anilines is 3. The number of hydrogen-bond donors (Lipinski definition) is 3. The maximum Gasteiger partial charge on any atom is 0.336 e. The van der Waals surface area contributed by atoms with Gasteiger partial charge in [0.1, 0.15) is 0 Å². The highest BCUT2D eigenvalue weighted by atomic mass is 32.1. The summed E-state index contributed by atoms with van der Waals surface area (Å²) in [4.78, 5) is 27.1. The Morgan fingerprint density at radius 1 is 1.09 bits per heavy atom. The molecule has 0 spiro atoms. The van der Waals surface area contributed by atoms with E-state index in [1.807, 2.05) is 0 Å². The Balaban J connectivity index is 2.02. The van der Waals surface area contributed by atoms with E-state index in [2.05, 4.69) is 28.4 Å². The van der Waals surface area contributed by atoms with Gasteiger partial charge >= 0.3 is 6.03 Å². The number of amides is 3. The molecular weight excluding hydrogens is 316 g/mol. The molecule has 0 fully saturated rings. The Kier molecular flexibility index (Phi) is 5.42. The third kappa shape index (κ3) is 4.62. The molecule has 1 aromatic heterocycles. The van der Waals surface area contributed by atoms with Gasteiger partial charge in [-0.05, 0) is 30.3 Å². The lowest BCUT2D eigenvalue weighted by Gasteiger charge is -2.17. The summed E-state index contributed by atoms with van der Waals surface area (Å²) in [6.07, 6.45) is 1.48. The van der Waals surface area contributed by atoms with Crippen molar-refractivity contribution in [2.24, 2.45) is 0 Å². The average molecular weight is 332 g/mol. The average Bonchev–Trinajstić information content (AvgIpc) is 2.55. The van der Waals surface area contributed by atoms with Crippen LogP contribution in [0.2, 0.25) is 0 Å². The SMILES string of the molecule is COc1ccc(NC(=O)N(S)c2ccc(NC(C)=O)cc2)cn1. The fraction of sp³-hybridized carbons (Fsp3) is 0.133. The maximum atomic E-state index is 12.1. The lowest BCUT2D eigenvalue weighted by atomic mass is 10.3. The molecule has 2 rings (SSSR count). The van der Waals surface area contributed by atoms with Gasteiger partial charge in [0.05, 0.1) is 24.7 Å². The fourth-order valence-corrected chi connectivity index (χ4v) is 1.94. The first-order valence-electron chi connectivity index (χ1n) is 6.67. The van der Waals surface area contributed by atoms with Crippen molar-refractivity contribution >= 4 is 41.8 Å². The number of nitrogens with one attached hydrogen (secondary N) is 2. The number of pyridine rings is 1. The van der Waals surface area contributed by atoms with Gasteiger partial charge in [-0.25, -0.2) is 14.1 Å². The van der Waals surface area contributed by atoms with Crippen molar-refractivity contribution in [2.75, 3.05) is 22.0 Å². The molecule has 0 aliphatic carbocycles. The number of methoxy groups -OCH3 is 1. The first-order valence-corrected chi connectivity index (χ1v) is 7.07. The molecule has 0 aliphatic heterocycles. The van der Waals surface area contributed by atoms with Crippen molar-refractivity contribution in [1.82, 2.24) is 4.98 Å². The summed E-state index contributed by atoms with van der Waals surface area (Å²) < 4.78 is 6.10. The second-order valence-electron chi connectivity index (χ2n) is 4.56. The molecule has 0 saturated heterocycles. The van der Waals surface area contributed by atoms with Crippen molar-refractivity contribution in [3.05, 3.63) is 42.6 Å². The van der Waals surface area contributed by atoms with Gasteiger partial charge in [0.2, 0.25) is 11.8 Å². The van der Waals surface area contributed by atoms with Crippen LogP contribution in [0.1, 0.15) is 6.92 Å². The lowest BCUT2D eigenvalue weighted by Crippen LogP contribution is -2.26. The van der Waals surface area contributed by atoms with Crippen LogP contribution < -0.4 is 19.7 Å². The number of thiol groups is 1. The summed E-state index contributed by atoms with van der Waals surface area (Å²) >= 11 is 4.18. The highest BCUT2D eigenvalue weighted by Crippen LogP contribution is 2.21. The van der Waals surface area contributed by atoms with Crippen molar-refractivity contribution in [1.29, 1.82) is 0 Å². The predicted octanol–water partition coefficient (Wildman–Crippen LogP) is 2.93. The number of rotatable bonds is 4. The zero-order valence-electron chi connectivity index (χ0n) is 12.6. The molecule has 0 saturated carbocycles. The third-order valence-electron chi connectivity index (χ3n) is 2.82. The summed E-state index contributed by atoms with van der Waals surface area (Å²) in [5, 5.41) is 5.31. The molecule has 3 amide bonds. The Morgan fingerprint density at radius 3 is 2.26 bits per heavy atom. The number of carbonyl (C=O) groups excluding carboxylic acids is 2. The second-order valence-corrected chi connectivity index (χ2v) is 4.96. The maximum absolute atomic E-state index is 12.1. The van der Waals surface area contributed by atoms with Gasteiger partial charge in [0.15, 0.2) is 0 Å². The van der Waals surface area contributed by atoms with E-state index in [1.54, 1.807) is 36.4 Å². The Labute approximate surface area is 139 Å². The molecule has 0 bridgehead atoms. The number of urea groups is 1. The molecule has 0 atom stereocenters. The van der Waals surface area contributed by atoms with E-state index < -0.39 is 6.03 Å². The van der Waals surface area contributed by atoms with Gasteiger partial charge in [-0.3, -0.25) is 4.79 Å². The smallest absolute Gasteiger partial charge is 0.336 e. The predicted molar refractivity (Wildman–Crippen MR) is 92.0 cm³/mol. The van der Waals surface area contributed by atoms with Gasteiger partial charge in [-0.2, -0.15) is 0 Å². The molecule has 0 unspecified atom stereocenters. The monoisotopic (exact) mass is 332 g/mol. The zero-order valence-corrected chi connectivity index (χ0v) is 13.5. The van der Waals surface area contributed by atoms with Crippen LogP contribution in [0.5, 0.6) is 5.88 Å². The van der Waals surface area contributed by atoms with E-state index in [4.69, 9.17) is 4.74 Å². The minimum atomic E-state index is -0.437. The molecule has 0 radical (unpaired) electrons. The fourth-order valence-electron chi connectivity index (χ4n) is 1.76. The van der Waals surface area contributed by atoms with Crippen LogP contribution in [0.15, 0.2) is 42.6 Å². The number of nitrogens with zero attached hydrogens (tertiary/aromatic N) is 2. The molecular formula is C15H16N4O3S. The van der Waals surface area contributed by atoms with Crippen molar-refractivity contribution in [3.8, 4) is 5.88 Å². The standard InChI is InChI=1S/C15H16N4O3S/c1-10(20)17-11-3-6-13(7-4-11)19(23)15(21)18-12-5-8-14(22-2)16-9-12/h3-9,23H,1-2H3,(H,17,20)(H,18,21). The number of benzene rings is 1.